The van der Waals surface area contributed by atoms with Gasteiger partial charge in [0.1, 0.15) is 12.3 Å². The molecular weight excluding hydrogens is 298 g/mol. The first kappa shape index (κ1) is 15.1. The average Bonchev–Trinajstić information content (AvgIpc) is 2.85. The third kappa shape index (κ3) is 2.54. The number of rotatable bonds is 4. The molecule has 0 saturated carbocycles. The normalized spacial score (nSPS) is 11.1. The monoisotopic (exact) mass is 315 g/mol. The van der Waals surface area contributed by atoms with Crippen LogP contribution in [-0.4, -0.2) is 33.9 Å². The van der Waals surface area contributed by atoms with Gasteiger partial charge in [0.25, 0.3) is 0 Å². The maximum atomic E-state index is 12.6. The Balaban J connectivity index is 2.26. The summed E-state index contributed by atoms with van der Waals surface area (Å²) in [7, 11) is 1.57. The minimum atomic E-state index is -0.488. The number of hydrogen-bond acceptors (Lipinski definition) is 5. The lowest BCUT2D eigenvalue weighted by Crippen LogP contribution is -2.26. The summed E-state index contributed by atoms with van der Waals surface area (Å²) >= 11 is 0. The molecule has 0 atom stereocenters. The van der Waals surface area contributed by atoms with Crippen molar-refractivity contribution in [1.29, 1.82) is 0 Å². The summed E-state index contributed by atoms with van der Waals surface area (Å²) in [5, 5.41) is 5.16. The first-order valence-electron chi connectivity index (χ1n) is 7.27. The molecule has 3 rings (SSSR count). The molecule has 3 aromatic rings. The van der Waals surface area contributed by atoms with E-state index in [9.17, 15) is 9.59 Å². The molecule has 0 radical (unpaired) electrons. The van der Waals surface area contributed by atoms with Gasteiger partial charge in [-0.25, -0.2) is 13.9 Å². The fourth-order valence-electron chi connectivity index (χ4n) is 2.58. The minimum absolute atomic E-state index is 0.209. The number of aromatic nitrogens is 3. The van der Waals surface area contributed by atoms with Crippen LogP contribution in [0.4, 0.5) is 0 Å². The molecule has 7 heteroatoms. The van der Waals surface area contributed by atoms with Crippen molar-refractivity contribution in [2.45, 2.75) is 20.4 Å². The molecule has 0 N–H and O–H groups in total. The summed E-state index contributed by atoms with van der Waals surface area (Å²) in [6.07, 6.45) is 0. The number of esters is 1. The zero-order chi connectivity index (χ0) is 16.6. The molecule has 0 saturated heterocycles. The molecule has 120 valence electrons. The largest absolute Gasteiger partial charge is 0.497 e. The zero-order valence-corrected chi connectivity index (χ0v) is 13.2. The molecule has 0 amide bonds. The Morgan fingerprint density at radius 3 is 2.78 bits per heavy atom. The predicted molar refractivity (Wildman–Crippen MR) is 84.9 cm³/mol. The summed E-state index contributed by atoms with van der Waals surface area (Å²) in [6.45, 7) is 3.65. The molecule has 23 heavy (non-hydrogen) atoms. The van der Waals surface area contributed by atoms with E-state index in [1.807, 2.05) is 25.1 Å². The van der Waals surface area contributed by atoms with Gasteiger partial charge in [0.05, 0.1) is 19.2 Å². The average molecular weight is 315 g/mol. The van der Waals surface area contributed by atoms with Crippen molar-refractivity contribution in [3.63, 3.8) is 0 Å². The quantitative estimate of drug-likeness (QED) is 0.683. The van der Waals surface area contributed by atoms with Crippen LogP contribution in [0.5, 0.6) is 5.75 Å². The minimum Gasteiger partial charge on any atom is -0.497 e. The van der Waals surface area contributed by atoms with E-state index in [2.05, 4.69) is 5.10 Å². The summed E-state index contributed by atoms with van der Waals surface area (Å²) in [5.74, 6) is 0.158. The lowest BCUT2D eigenvalue weighted by molar-refractivity contribution is -0.144. The van der Waals surface area contributed by atoms with Crippen molar-refractivity contribution in [3.8, 4) is 5.75 Å². The molecule has 2 aromatic heterocycles. The molecule has 0 aliphatic rings. The Morgan fingerprint density at radius 1 is 1.30 bits per heavy atom. The molecule has 0 aliphatic carbocycles. The smallest absolute Gasteiger partial charge is 0.351 e. The molecule has 0 spiro atoms. The molecule has 0 fully saturated rings. The van der Waals surface area contributed by atoms with Crippen molar-refractivity contribution in [3.05, 3.63) is 40.3 Å². The Hall–Kier alpha value is -2.83. The van der Waals surface area contributed by atoms with Crippen LogP contribution >= 0.6 is 0 Å². The third-order valence-electron chi connectivity index (χ3n) is 3.63. The highest BCUT2D eigenvalue weighted by molar-refractivity contribution is 5.84. The highest BCUT2D eigenvalue weighted by Gasteiger charge is 2.15. The third-order valence-corrected chi connectivity index (χ3v) is 3.63. The van der Waals surface area contributed by atoms with E-state index in [-0.39, 0.29) is 18.8 Å². The number of nitrogens with zero attached hydrogens (tertiary/aromatic N) is 3. The van der Waals surface area contributed by atoms with Crippen LogP contribution in [0.15, 0.2) is 29.1 Å². The molecule has 0 unspecified atom stereocenters. The van der Waals surface area contributed by atoms with Crippen LogP contribution in [0.2, 0.25) is 0 Å². The van der Waals surface area contributed by atoms with E-state index in [1.165, 1.54) is 4.40 Å². The molecule has 2 heterocycles. The first-order valence-corrected chi connectivity index (χ1v) is 7.27. The van der Waals surface area contributed by atoms with Gasteiger partial charge in [-0.15, -0.1) is 5.10 Å². The summed E-state index contributed by atoms with van der Waals surface area (Å²) < 4.78 is 12.7. The van der Waals surface area contributed by atoms with Crippen LogP contribution in [0.25, 0.3) is 16.6 Å². The van der Waals surface area contributed by atoms with Crippen LogP contribution in [0.1, 0.15) is 12.5 Å². The van der Waals surface area contributed by atoms with E-state index in [0.29, 0.717) is 16.9 Å². The molecule has 0 aliphatic heterocycles. The maximum absolute atomic E-state index is 12.6. The van der Waals surface area contributed by atoms with Crippen molar-refractivity contribution < 1.29 is 14.3 Å². The van der Waals surface area contributed by atoms with Gasteiger partial charge in [-0.2, -0.15) is 0 Å². The number of benzene rings is 1. The number of carbonyl (C=O) groups is 1. The van der Waals surface area contributed by atoms with Gasteiger partial charge in [0.2, 0.25) is 0 Å². The van der Waals surface area contributed by atoms with Crippen LogP contribution in [-0.2, 0) is 16.1 Å². The number of hydrogen-bond donors (Lipinski definition) is 0. The van der Waals surface area contributed by atoms with E-state index in [1.54, 1.807) is 20.1 Å². The summed E-state index contributed by atoms with van der Waals surface area (Å²) in [5.41, 5.74) is 1.67. The summed E-state index contributed by atoms with van der Waals surface area (Å²) in [4.78, 5) is 24.3. The van der Waals surface area contributed by atoms with Crippen LogP contribution in [0, 0.1) is 6.92 Å². The van der Waals surface area contributed by atoms with E-state index in [4.69, 9.17) is 9.47 Å². The molecule has 7 nitrogen and oxygen atoms in total. The van der Waals surface area contributed by atoms with Gasteiger partial charge < -0.3 is 9.47 Å². The number of methoxy groups -OCH3 is 1. The van der Waals surface area contributed by atoms with Gasteiger partial charge in [-0.1, -0.05) is 0 Å². The highest BCUT2D eigenvalue weighted by Crippen LogP contribution is 2.23. The number of aryl methyl sites for hydroxylation is 1. The van der Waals surface area contributed by atoms with Crippen LogP contribution in [0.3, 0.4) is 0 Å². The second kappa shape index (κ2) is 5.75. The number of carbonyl (C=O) groups excluding carboxylic acids is 1. The number of ether oxygens (including phenoxy) is 2. The second-order valence-electron chi connectivity index (χ2n) is 5.16. The topological polar surface area (TPSA) is 74.8 Å². The molecular formula is C16H17N3O4. The Kier molecular flexibility index (Phi) is 3.77. The van der Waals surface area contributed by atoms with E-state index in [0.717, 1.165) is 15.6 Å². The van der Waals surface area contributed by atoms with Gasteiger partial charge in [0, 0.05) is 6.07 Å². The van der Waals surface area contributed by atoms with Crippen molar-refractivity contribution in [2.24, 2.45) is 0 Å². The van der Waals surface area contributed by atoms with Gasteiger partial charge in [-0.3, -0.25) is 4.79 Å². The predicted octanol–water partition coefficient (Wildman–Crippen LogP) is 1.53. The van der Waals surface area contributed by atoms with E-state index >= 15 is 0 Å². The SMILES string of the molecule is CCOC(=O)Cn1nc2c(C)cc3ccc(OC)cc3n2c1=O. The van der Waals surface area contributed by atoms with Crippen LogP contribution < -0.4 is 10.4 Å². The molecule has 0 bridgehead atoms. The molecule has 1 aromatic carbocycles. The Bertz CT molecular complexity index is 955. The van der Waals surface area contributed by atoms with Gasteiger partial charge >= 0.3 is 11.7 Å². The van der Waals surface area contributed by atoms with E-state index < -0.39 is 5.97 Å². The van der Waals surface area contributed by atoms with Gasteiger partial charge in [-0.05, 0) is 43.0 Å². The highest BCUT2D eigenvalue weighted by atomic mass is 16.5. The second-order valence-corrected chi connectivity index (χ2v) is 5.16. The number of pyridine rings is 1. The van der Waals surface area contributed by atoms with Gasteiger partial charge in [0.15, 0.2) is 5.65 Å². The standard InChI is InChI=1S/C16H17N3O4/c1-4-23-14(20)9-18-16(21)19-13-8-12(22-3)6-5-11(13)7-10(2)15(19)17-18/h5-8H,4,9H2,1-3H3. The lowest BCUT2D eigenvalue weighted by atomic mass is 10.1. The first-order chi connectivity index (χ1) is 11.0. The van der Waals surface area contributed by atoms with Crippen molar-refractivity contribution >= 4 is 22.5 Å². The Morgan fingerprint density at radius 2 is 2.09 bits per heavy atom. The van der Waals surface area contributed by atoms with Crippen molar-refractivity contribution in [2.75, 3.05) is 13.7 Å². The fourth-order valence-corrected chi connectivity index (χ4v) is 2.58. The zero-order valence-electron chi connectivity index (χ0n) is 13.2. The fraction of sp³-hybridized carbons (Fsp3) is 0.312. The Labute approximate surface area is 132 Å². The van der Waals surface area contributed by atoms with Crippen molar-refractivity contribution in [1.82, 2.24) is 14.2 Å². The summed E-state index contributed by atoms with van der Waals surface area (Å²) in [6, 6.07) is 7.45. The lowest BCUT2D eigenvalue weighted by Gasteiger charge is -2.05. The maximum Gasteiger partial charge on any atom is 0.351 e. The number of fused-ring (bicyclic) bond motifs is 3.